The molecule has 0 radical (unpaired) electrons. The van der Waals surface area contributed by atoms with E-state index in [2.05, 4.69) is 62.0 Å². The number of aromatic amines is 1. The van der Waals surface area contributed by atoms with Crippen molar-refractivity contribution >= 4 is 55.1 Å². The summed E-state index contributed by atoms with van der Waals surface area (Å²) in [6, 6.07) is 12.3. The summed E-state index contributed by atoms with van der Waals surface area (Å²) in [7, 11) is 0. The van der Waals surface area contributed by atoms with E-state index in [1.165, 1.54) is 5.56 Å². The first-order chi connectivity index (χ1) is 9.08. The van der Waals surface area contributed by atoms with E-state index in [-0.39, 0.29) is 0 Å². The summed E-state index contributed by atoms with van der Waals surface area (Å²) in [5.41, 5.74) is 4.35. The summed E-state index contributed by atoms with van der Waals surface area (Å²) in [6.45, 7) is 2.08. The Hall–Kier alpha value is -0.910. The number of nitrogens with zero attached hydrogens (tertiary/aromatic N) is 1. The highest BCUT2D eigenvalue weighted by atomic mass is 79.9. The van der Waals surface area contributed by atoms with E-state index in [1.807, 2.05) is 22.8 Å². The normalized spacial score (nSPS) is 11.1. The molecule has 0 amide bonds. The van der Waals surface area contributed by atoms with E-state index in [0.29, 0.717) is 4.77 Å². The van der Waals surface area contributed by atoms with Crippen LogP contribution in [0.2, 0.25) is 0 Å². The number of benzene rings is 2. The Balaban J connectivity index is 2.46. The van der Waals surface area contributed by atoms with Gasteiger partial charge in [0.25, 0.3) is 0 Å². The topological polar surface area (TPSA) is 20.7 Å². The highest BCUT2D eigenvalue weighted by molar-refractivity contribution is 9.11. The number of hydrogen-bond donors (Lipinski definition) is 1. The maximum Gasteiger partial charge on any atom is 0.182 e. The van der Waals surface area contributed by atoms with Gasteiger partial charge in [-0.15, -0.1) is 0 Å². The van der Waals surface area contributed by atoms with Crippen molar-refractivity contribution in [3.05, 3.63) is 55.7 Å². The van der Waals surface area contributed by atoms with E-state index in [9.17, 15) is 0 Å². The van der Waals surface area contributed by atoms with E-state index in [4.69, 9.17) is 12.2 Å². The van der Waals surface area contributed by atoms with Gasteiger partial charge < -0.3 is 4.98 Å². The summed E-state index contributed by atoms with van der Waals surface area (Å²) >= 11 is 12.7. The van der Waals surface area contributed by atoms with Crippen LogP contribution in [0.4, 0.5) is 0 Å². The lowest BCUT2D eigenvalue weighted by atomic mass is 10.2. The van der Waals surface area contributed by atoms with Gasteiger partial charge in [0.1, 0.15) is 0 Å². The lowest BCUT2D eigenvalue weighted by Crippen LogP contribution is -1.96. The minimum Gasteiger partial charge on any atom is -0.330 e. The summed E-state index contributed by atoms with van der Waals surface area (Å²) in [4.78, 5) is 3.24. The SMILES string of the molecule is Cc1ccc2[nH]c(=S)n(-c3c(Br)cccc3Br)c2c1. The van der Waals surface area contributed by atoms with E-state index >= 15 is 0 Å². The van der Waals surface area contributed by atoms with Gasteiger partial charge in [-0.25, -0.2) is 0 Å². The second-order valence-corrected chi connectivity index (χ2v) is 6.45. The Morgan fingerprint density at radius 2 is 1.79 bits per heavy atom. The number of fused-ring (bicyclic) bond motifs is 1. The van der Waals surface area contributed by atoms with Crippen LogP contribution in [-0.4, -0.2) is 9.55 Å². The molecule has 0 saturated carbocycles. The van der Waals surface area contributed by atoms with Gasteiger partial charge in [0.15, 0.2) is 4.77 Å². The molecule has 0 aliphatic rings. The molecule has 3 aromatic rings. The van der Waals surface area contributed by atoms with E-state index < -0.39 is 0 Å². The lowest BCUT2D eigenvalue weighted by Gasteiger charge is -2.10. The molecule has 96 valence electrons. The van der Waals surface area contributed by atoms with Crippen molar-refractivity contribution in [2.75, 3.05) is 0 Å². The van der Waals surface area contributed by atoms with Crippen LogP contribution in [0.3, 0.4) is 0 Å². The van der Waals surface area contributed by atoms with Crippen molar-refractivity contribution in [2.24, 2.45) is 0 Å². The molecule has 0 aliphatic carbocycles. The number of halogens is 2. The molecule has 3 rings (SSSR count). The van der Waals surface area contributed by atoms with E-state index in [1.54, 1.807) is 0 Å². The molecular weight excluding hydrogens is 388 g/mol. The quantitative estimate of drug-likeness (QED) is 0.536. The van der Waals surface area contributed by atoms with Crippen LogP contribution in [0, 0.1) is 11.7 Å². The summed E-state index contributed by atoms with van der Waals surface area (Å²) in [5.74, 6) is 0. The average molecular weight is 398 g/mol. The fraction of sp³-hybridized carbons (Fsp3) is 0.0714. The molecule has 0 atom stereocenters. The zero-order chi connectivity index (χ0) is 13.6. The molecule has 2 nitrogen and oxygen atoms in total. The number of para-hydroxylation sites is 1. The third kappa shape index (κ3) is 2.20. The van der Waals surface area contributed by atoms with Crippen LogP contribution >= 0.6 is 44.1 Å². The van der Waals surface area contributed by atoms with Crippen LogP contribution in [0.1, 0.15) is 5.56 Å². The number of hydrogen-bond acceptors (Lipinski definition) is 1. The highest BCUT2D eigenvalue weighted by Crippen LogP contribution is 2.32. The van der Waals surface area contributed by atoms with Gasteiger partial charge in [0.2, 0.25) is 0 Å². The van der Waals surface area contributed by atoms with Crippen LogP contribution in [0.5, 0.6) is 0 Å². The summed E-state index contributed by atoms with van der Waals surface area (Å²) < 4.78 is 4.74. The van der Waals surface area contributed by atoms with Crippen LogP contribution in [0.15, 0.2) is 45.3 Å². The number of aromatic nitrogens is 2. The molecule has 19 heavy (non-hydrogen) atoms. The molecule has 2 aromatic carbocycles. The number of nitrogens with one attached hydrogen (secondary N) is 1. The van der Waals surface area contributed by atoms with Crippen LogP contribution in [0.25, 0.3) is 16.7 Å². The molecule has 1 aromatic heterocycles. The Labute approximate surface area is 132 Å². The molecule has 0 saturated heterocycles. The lowest BCUT2D eigenvalue weighted by molar-refractivity contribution is 1.05. The zero-order valence-corrected chi connectivity index (χ0v) is 14.1. The molecule has 1 heterocycles. The van der Waals surface area contributed by atoms with Gasteiger partial charge >= 0.3 is 0 Å². The first-order valence-corrected chi connectivity index (χ1v) is 7.73. The van der Waals surface area contributed by atoms with Crippen LogP contribution in [-0.2, 0) is 0 Å². The number of H-pyrrole nitrogens is 1. The number of aryl methyl sites for hydroxylation is 1. The van der Waals surface area contributed by atoms with Crippen molar-refractivity contribution in [1.29, 1.82) is 0 Å². The average Bonchev–Trinajstić information content (AvgIpc) is 2.66. The predicted octanol–water partition coefficient (Wildman–Crippen LogP) is 5.52. The Morgan fingerprint density at radius 1 is 1.11 bits per heavy atom. The van der Waals surface area contributed by atoms with Gasteiger partial charge in [-0.2, -0.15) is 0 Å². The Morgan fingerprint density at radius 3 is 2.47 bits per heavy atom. The second kappa shape index (κ2) is 4.89. The zero-order valence-electron chi connectivity index (χ0n) is 10.1. The molecule has 0 spiro atoms. The Kier molecular flexibility index (Phi) is 3.37. The monoisotopic (exact) mass is 396 g/mol. The van der Waals surface area contributed by atoms with Gasteiger partial charge in [0.05, 0.1) is 16.7 Å². The van der Waals surface area contributed by atoms with Crippen molar-refractivity contribution in [1.82, 2.24) is 9.55 Å². The van der Waals surface area contributed by atoms with Gasteiger partial charge in [-0.3, -0.25) is 4.57 Å². The van der Waals surface area contributed by atoms with Crippen molar-refractivity contribution in [3.8, 4) is 5.69 Å². The standard InChI is InChI=1S/C14H10Br2N2S/c1-8-5-6-11-12(7-8)18(14(19)17-11)13-9(15)3-2-4-10(13)16/h2-7H,1H3,(H,17,19). The first-order valence-electron chi connectivity index (χ1n) is 5.73. The molecule has 0 bridgehead atoms. The number of rotatable bonds is 1. The van der Waals surface area contributed by atoms with Crippen molar-refractivity contribution in [3.63, 3.8) is 0 Å². The third-order valence-electron chi connectivity index (χ3n) is 3.00. The van der Waals surface area contributed by atoms with E-state index in [0.717, 1.165) is 25.7 Å². The minimum absolute atomic E-state index is 0.688. The Bertz CT molecular complexity index is 813. The maximum atomic E-state index is 5.46. The van der Waals surface area contributed by atoms with Gasteiger partial charge in [-0.05, 0) is 80.8 Å². The molecule has 0 unspecified atom stereocenters. The smallest absolute Gasteiger partial charge is 0.182 e. The number of imidazole rings is 1. The largest absolute Gasteiger partial charge is 0.330 e. The van der Waals surface area contributed by atoms with Crippen molar-refractivity contribution < 1.29 is 0 Å². The minimum atomic E-state index is 0.688. The van der Waals surface area contributed by atoms with Crippen LogP contribution < -0.4 is 0 Å². The summed E-state index contributed by atoms with van der Waals surface area (Å²) in [5, 5.41) is 0. The van der Waals surface area contributed by atoms with Gasteiger partial charge in [0, 0.05) is 8.95 Å². The predicted molar refractivity (Wildman–Crippen MR) is 88.6 cm³/mol. The highest BCUT2D eigenvalue weighted by Gasteiger charge is 2.12. The fourth-order valence-electron chi connectivity index (χ4n) is 2.14. The first kappa shape index (κ1) is 13.1. The fourth-order valence-corrected chi connectivity index (χ4v) is 3.79. The molecular formula is C14H10Br2N2S. The maximum absolute atomic E-state index is 5.46. The molecule has 5 heteroatoms. The molecule has 0 fully saturated rings. The van der Waals surface area contributed by atoms with Crippen molar-refractivity contribution in [2.45, 2.75) is 6.92 Å². The third-order valence-corrected chi connectivity index (χ3v) is 4.56. The van der Waals surface area contributed by atoms with Gasteiger partial charge in [-0.1, -0.05) is 12.1 Å². The summed E-state index contributed by atoms with van der Waals surface area (Å²) in [6.07, 6.45) is 0. The second-order valence-electron chi connectivity index (χ2n) is 4.36. The molecule has 1 N–H and O–H groups in total. The molecule has 0 aliphatic heterocycles.